The van der Waals surface area contributed by atoms with Gasteiger partial charge in [-0.2, -0.15) is 0 Å². The van der Waals surface area contributed by atoms with Gasteiger partial charge in [0.2, 0.25) is 5.91 Å². The SMILES string of the molecule is COc1ccc(-n2c(SCC(=O)NC3CCCC3)nc3ccccc3c2=O)cc1OC. The topological polar surface area (TPSA) is 82.5 Å². The molecule has 8 heteroatoms. The average Bonchev–Trinajstić information content (AvgIpc) is 3.30. The molecule has 1 saturated carbocycles. The Morgan fingerprint density at radius 1 is 1.13 bits per heavy atom. The van der Waals surface area contributed by atoms with Crippen LogP contribution in [0.5, 0.6) is 11.5 Å². The summed E-state index contributed by atoms with van der Waals surface area (Å²) in [6.07, 6.45) is 4.37. The number of para-hydroxylation sites is 1. The molecule has 7 nitrogen and oxygen atoms in total. The van der Waals surface area contributed by atoms with Crippen LogP contribution in [0.15, 0.2) is 52.4 Å². The first-order valence-corrected chi connectivity index (χ1v) is 11.3. The van der Waals surface area contributed by atoms with Gasteiger partial charge in [0.05, 0.1) is 36.6 Å². The molecular weight excluding hydrogens is 414 g/mol. The van der Waals surface area contributed by atoms with Crippen molar-refractivity contribution in [3.63, 3.8) is 0 Å². The number of benzene rings is 2. The molecule has 1 fully saturated rings. The molecule has 4 rings (SSSR count). The van der Waals surface area contributed by atoms with E-state index in [4.69, 9.17) is 9.47 Å². The van der Waals surface area contributed by atoms with Crippen molar-refractivity contribution in [1.29, 1.82) is 0 Å². The summed E-state index contributed by atoms with van der Waals surface area (Å²) >= 11 is 1.25. The standard InChI is InChI=1S/C23H25N3O4S/c1-29-19-12-11-16(13-20(19)30-2)26-22(28)17-9-5-6-10-18(17)25-23(26)31-14-21(27)24-15-7-3-4-8-15/h5-6,9-13,15H,3-4,7-8,14H2,1-2H3,(H,24,27). The molecule has 0 radical (unpaired) electrons. The van der Waals surface area contributed by atoms with Crippen LogP contribution in [-0.2, 0) is 4.79 Å². The first kappa shape index (κ1) is 21.2. The van der Waals surface area contributed by atoms with E-state index in [1.54, 1.807) is 44.6 Å². The molecule has 1 N–H and O–H groups in total. The highest BCUT2D eigenvalue weighted by Crippen LogP contribution is 2.30. The summed E-state index contributed by atoms with van der Waals surface area (Å²) in [5, 5.41) is 4.05. The van der Waals surface area contributed by atoms with Gasteiger partial charge >= 0.3 is 0 Å². The smallest absolute Gasteiger partial charge is 0.266 e. The number of hydrogen-bond acceptors (Lipinski definition) is 6. The lowest BCUT2D eigenvalue weighted by Crippen LogP contribution is -2.34. The lowest BCUT2D eigenvalue weighted by atomic mass is 10.2. The molecule has 0 unspecified atom stereocenters. The van der Waals surface area contributed by atoms with Gasteiger partial charge in [-0.1, -0.05) is 36.7 Å². The minimum absolute atomic E-state index is 0.0434. The van der Waals surface area contributed by atoms with Crippen LogP contribution in [0.1, 0.15) is 25.7 Å². The number of carbonyl (C=O) groups is 1. The Kier molecular flexibility index (Phi) is 6.46. The number of carbonyl (C=O) groups excluding carboxylic acids is 1. The van der Waals surface area contributed by atoms with E-state index >= 15 is 0 Å². The molecule has 2 aromatic carbocycles. The van der Waals surface area contributed by atoms with Crippen molar-refractivity contribution in [2.75, 3.05) is 20.0 Å². The highest BCUT2D eigenvalue weighted by Gasteiger charge is 2.19. The predicted molar refractivity (Wildman–Crippen MR) is 122 cm³/mol. The maximum atomic E-state index is 13.4. The molecule has 1 amide bonds. The molecule has 1 heterocycles. The van der Waals surface area contributed by atoms with Crippen LogP contribution < -0.4 is 20.3 Å². The Hall–Kier alpha value is -3.00. The van der Waals surface area contributed by atoms with Gasteiger partial charge < -0.3 is 14.8 Å². The number of nitrogens with one attached hydrogen (secondary N) is 1. The Morgan fingerprint density at radius 3 is 2.61 bits per heavy atom. The van der Waals surface area contributed by atoms with E-state index in [0.717, 1.165) is 25.7 Å². The van der Waals surface area contributed by atoms with Crippen LogP contribution in [0, 0.1) is 0 Å². The summed E-state index contributed by atoms with van der Waals surface area (Å²) in [6.45, 7) is 0. The highest BCUT2D eigenvalue weighted by molar-refractivity contribution is 7.99. The Balaban J connectivity index is 1.71. The van der Waals surface area contributed by atoms with Gasteiger partial charge in [0, 0.05) is 12.1 Å². The number of rotatable bonds is 7. The lowest BCUT2D eigenvalue weighted by Gasteiger charge is -2.16. The third-order valence-electron chi connectivity index (χ3n) is 5.42. The van der Waals surface area contributed by atoms with Crippen LogP contribution in [0.25, 0.3) is 16.6 Å². The summed E-state index contributed by atoms with van der Waals surface area (Å²) < 4.78 is 12.2. The fraction of sp³-hybridized carbons (Fsp3) is 0.348. The molecule has 0 spiro atoms. The summed E-state index contributed by atoms with van der Waals surface area (Å²) in [5.41, 5.74) is 0.999. The second kappa shape index (κ2) is 9.43. The van der Waals surface area contributed by atoms with E-state index < -0.39 is 0 Å². The van der Waals surface area contributed by atoms with E-state index in [0.29, 0.717) is 33.2 Å². The van der Waals surface area contributed by atoms with Crippen LogP contribution in [0.4, 0.5) is 0 Å². The normalized spacial score (nSPS) is 14.0. The van der Waals surface area contributed by atoms with E-state index in [2.05, 4.69) is 10.3 Å². The van der Waals surface area contributed by atoms with Crippen LogP contribution in [0.2, 0.25) is 0 Å². The molecule has 0 aliphatic heterocycles. The van der Waals surface area contributed by atoms with E-state index in [1.165, 1.54) is 16.3 Å². The van der Waals surface area contributed by atoms with Gasteiger partial charge in [-0.05, 0) is 37.1 Å². The number of methoxy groups -OCH3 is 2. The number of amides is 1. The molecule has 0 saturated heterocycles. The zero-order valence-corrected chi connectivity index (χ0v) is 18.4. The number of aromatic nitrogens is 2. The largest absolute Gasteiger partial charge is 0.493 e. The summed E-state index contributed by atoms with van der Waals surface area (Å²) in [5.74, 6) is 1.22. The Bertz CT molecular complexity index is 1160. The minimum Gasteiger partial charge on any atom is -0.493 e. The number of fused-ring (bicyclic) bond motifs is 1. The third kappa shape index (κ3) is 4.54. The number of ether oxygens (including phenoxy) is 2. The van der Waals surface area contributed by atoms with Gasteiger partial charge in [0.25, 0.3) is 5.56 Å². The van der Waals surface area contributed by atoms with Crippen molar-refractivity contribution in [2.24, 2.45) is 0 Å². The number of thioether (sulfide) groups is 1. The van der Waals surface area contributed by atoms with Gasteiger partial charge in [-0.3, -0.25) is 14.2 Å². The Labute approximate surface area is 184 Å². The van der Waals surface area contributed by atoms with Gasteiger partial charge in [-0.25, -0.2) is 4.98 Å². The zero-order valence-electron chi connectivity index (χ0n) is 17.6. The van der Waals surface area contributed by atoms with Crippen LogP contribution >= 0.6 is 11.8 Å². The summed E-state index contributed by atoms with van der Waals surface area (Å²) in [4.78, 5) is 30.5. The minimum atomic E-state index is -0.198. The zero-order chi connectivity index (χ0) is 21.8. The molecule has 1 aromatic heterocycles. The van der Waals surface area contributed by atoms with Crippen molar-refractivity contribution in [3.05, 3.63) is 52.8 Å². The maximum Gasteiger partial charge on any atom is 0.266 e. The highest BCUT2D eigenvalue weighted by atomic mass is 32.2. The number of hydrogen-bond donors (Lipinski definition) is 1. The van der Waals surface area contributed by atoms with E-state index in [9.17, 15) is 9.59 Å². The first-order valence-electron chi connectivity index (χ1n) is 10.3. The van der Waals surface area contributed by atoms with Gasteiger partial charge in [-0.15, -0.1) is 0 Å². The van der Waals surface area contributed by atoms with Crippen LogP contribution in [0.3, 0.4) is 0 Å². The van der Waals surface area contributed by atoms with Crippen molar-refractivity contribution in [1.82, 2.24) is 14.9 Å². The monoisotopic (exact) mass is 439 g/mol. The average molecular weight is 440 g/mol. The third-order valence-corrected chi connectivity index (χ3v) is 6.36. The van der Waals surface area contributed by atoms with E-state index in [-0.39, 0.29) is 23.3 Å². The predicted octanol–water partition coefficient (Wildman–Crippen LogP) is 3.55. The van der Waals surface area contributed by atoms with E-state index in [1.807, 2.05) is 12.1 Å². The van der Waals surface area contributed by atoms with Crippen molar-refractivity contribution >= 4 is 28.6 Å². The molecule has 31 heavy (non-hydrogen) atoms. The first-order chi connectivity index (χ1) is 15.1. The fourth-order valence-corrected chi connectivity index (χ4v) is 4.69. The second-order valence-electron chi connectivity index (χ2n) is 7.43. The van der Waals surface area contributed by atoms with Gasteiger partial charge in [0.15, 0.2) is 16.7 Å². The molecule has 1 aliphatic rings. The molecule has 0 bridgehead atoms. The molecular formula is C23H25N3O4S. The molecule has 3 aromatic rings. The molecule has 1 aliphatic carbocycles. The Morgan fingerprint density at radius 2 is 1.87 bits per heavy atom. The second-order valence-corrected chi connectivity index (χ2v) is 8.37. The van der Waals surface area contributed by atoms with Crippen molar-refractivity contribution in [2.45, 2.75) is 36.9 Å². The summed E-state index contributed by atoms with van der Waals surface area (Å²) in [6, 6.07) is 12.7. The quantitative estimate of drug-likeness (QED) is 0.448. The van der Waals surface area contributed by atoms with Crippen LogP contribution in [-0.4, -0.2) is 41.5 Å². The lowest BCUT2D eigenvalue weighted by molar-refractivity contribution is -0.119. The van der Waals surface area contributed by atoms with Gasteiger partial charge in [0.1, 0.15) is 0 Å². The molecule has 0 atom stereocenters. The molecule has 162 valence electrons. The maximum absolute atomic E-state index is 13.4. The number of nitrogens with zero attached hydrogens (tertiary/aromatic N) is 2. The van der Waals surface area contributed by atoms with Crippen molar-refractivity contribution in [3.8, 4) is 17.2 Å². The summed E-state index contributed by atoms with van der Waals surface area (Å²) in [7, 11) is 3.11. The fourth-order valence-electron chi connectivity index (χ4n) is 3.87. The van der Waals surface area contributed by atoms with Crippen molar-refractivity contribution < 1.29 is 14.3 Å².